The lowest BCUT2D eigenvalue weighted by Crippen LogP contribution is -2.21. The molecule has 2 nitrogen and oxygen atoms in total. The average molecular weight is 351 g/mol. The Morgan fingerprint density at radius 1 is 1.12 bits per heavy atom. The van der Waals surface area contributed by atoms with Gasteiger partial charge >= 0.3 is 0 Å². The van der Waals surface area contributed by atoms with Gasteiger partial charge in [-0.05, 0) is 55.0 Å². The fourth-order valence-electron chi connectivity index (χ4n) is 3.74. The van der Waals surface area contributed by atoms with Crippen LogP contribution in [0, 0.1) is 17.7 Å². The Kier molecular flexibility index (Phi) is 5.55. The fraction of sp³-hybridized carbons (Fsp3) is 0.348. The molecule has 0 aliphatic carbocycles. The summed E-state index contributed by atoms with van der Waals surface area (Å²) in [6.45, 7) is 6.39. The zero-order chi connectivity index (χ0) is 18.7. The van der Waals surface area contributed by atoms with Crippen molar-refractivity contribution in [2.24, 2.45) is 16.8 Å². The van der Waals surface area contributed by atoms with Crippen LogP contribution in [0.1, 0.15) is 44.4 Å². The smallest absolute Gasteiger partial charge is 0.123 e. The van der Waals surface area contributed by atoms with E-state index in [-0.39, 0.29) is 23.5 Å². The maximum Gasteiger partial charge on any atom is 0.123 e. The predicted molar refractivity (Wildman–Crippen MR) is 105 cm³/mol. The molecule has 1 aliphatic rings. The molecule has 0 saturated carbocycles. The molecule has 1 heterocycles. The maximum atomic E-state index is 13.5. The molecule has 0 spiro atoms. The first kappa shape index (κ1) is 18.4. The Balaban J connectivity index is 1.90. The topological polar surface area (TPSA) is 32.6 Å². The molecule has 0 saturated heterocycles. The summed E-state index contributed by atoms with van der Waals surface area (Å²) in [4.78, 5) is 4.94. The minimum absolute atomic E-state index is 0.104. The summed E-state index contributed by atoms with van der Waals surface area (Å²) in [6.07, 6.45) is 3.95. The molecule has 3 rings (SSSR count). The second-order valence-electron chi connectivity index (χ2n) is 7.33. The van der Waals surface area contributed by atoms with E-state index in [4.69, 9.17) is 4.99 Å². The largest absolute Gasteiger partial charge is 0.508 e. The molecular weight excluding hydrogens is 325 g/mol. The summed E-state index contributed by atoms with van der Waals surface area (Å²) >= 11 is 0. The number of benzene rings is 2. The molecule has 0 bridgehead atoms. The second-order valence-corrected chi connectivity index (χ2v) is 7.33. The summed E-state index contributed by atoms with van der Waals surface area (Å²) in [5.41, 5.74) is 4.15. The quantitative estimate of drug-likeness (QED) is 0.717. The van der Waals surface area contributed by atoms with Gasteiger partial charge in [-0.15, -0.1) is 0 Å². The lowest BCUT2D eigenvalue weighted by atomic mass is 9.81. The Morgan fingerprint density at radius 3 is 2.58 bits per heavy atom. The van der Waals surface area contributed by atoms with Gasteiger partial charge in [-0.3, -0.25) is 4.99 Å². The number of aromatic hydroxyl groups is 1. The van der Waals surface area contributed by atoms with Gasteiger partial charge in [-0.2, -0.15) is 0 Å². The molecular formula is C23H26FNO. The Morgan fingerprint density at radius 2 is 1.88 bits per heavy atom. The highest BCUT2D eigenvalue weighted by atomic mass is 19.1. The van der Waals surface area contributed by atoms with Crippen LogP contribution in [0.2, 0.25) is 0 Å². The van der Waals surface area contributed by atoms with E-state index in [1.54, 1.807) is 18.2 Å². The summed E-state index contributed by atoms with van der Waals surface area (Å²) in [6, 6.07) is 14.1. The van der Waals surface area contributed by atoms with E-state index in [1.807, 2.05) is 31.2 Å². The van der Waals surface area contributed by atoms with Crippen molar-refractivity contribution in [3.8, 4) is 5.75 Å². The van der Waals surface area contributed by atoms with Crippen molar-refractivity contribution in [2.45, 2.75) is 39.7 Å². The first-order valence-corrected chi connectivity index (χ1v) is 9.24. The summed E-state index contributed by atoms with van der Waals surface area (Å²) in [5, 5.41) is 10.3. The molecule has 3 heteroatoms. The van der Waals surface area contributed by atoms with Crippen molar-refractivity contribution in [2.75, 3.05) is 0 Å². The van der Waals surface area contributed by atoms with Crippen molar-refractivity contribution in [1.29, 1.82) is 0 Å². The van der Waals surface area contributed by atoms with Gasteiger partial charge in [0, 0.05) is 17.2 Å². The molecule has 1 aliphatic heterocycles. The number of nitrogens with zero attached hydrogens (tertiary/aromatic N) is 1. The van der Waals surface area contributed by atoms with Crippen LogP contribution < -0.4 is 0 Å². The van der Waals surface area contributed by atoms with Gasteiger partial charge in [-0.25, -0.2) is 4.39 Å². The highest BCUT2D eigenvalue weighted by molar-refractivity contribution is 5.99. The number of halogens is 1. The number of phenols is 1. The predicted octanol–water partition coefficient (Wildman–Crippen LogP) is 5.88. The molecule has 26 heavy (non-hydrogen) atoms. The highest BCUT2D eigenvalue weighted by Crippen LogP contribution is 2.40. The van der Waals surface area contributed by atoms with E-state index in [0.29, 0.717) is 5.92 Å². The number of allylic oxidation sites excluding steroid dienone is 1. The van der Waals surface area contributed by atoms with Crippen LogP contribution in [0.25, 0.3) is 0 Å². The Labute approximate surface area is 155 Å². The van der Waals surface area contributed by atoms with E-state index in [9.17, 15) is 9.50 Å². The molecule has 2 aromatic carbocycles. The van der Waals surface area contributed by atoms with Crippen LogP contribution in [-0.2, 0) is 6.42 Å². The summed E-state index contributed by atoms with van der Waals surface area (Å²) in [7, 11) is 0. The van der Waals surface area contributed by atoms with Gasteiger partial charge in [0.1, 0.15) is 11.6 Å². The van der Waals surface area contributed by atoms with Crippen molar-refractivity contribution in [1.82, 2.24) is 0 Å². The molecule has 2 unspecified atom stereocenters. The molecule has 1 N–H and O–H groups in total. The number of dihydropyridines is 1. The van der Waals surface area contributed by atoms with Gasteiger partial charge in [0.25, 0.3) is 0 Å². The lowest BCUT2D eigenvalue weighted by molar-refractivity contribution is 0.429. The monoisotopic (exact) mass is 351 g/mol. The Bertz CT molecular complexity index is 838. The van der Waals surface area contributed by atoms with Crippen molar-refractivity contribution >= 4 is 5.71 Å². The number of hydrogen-bond donors (Lipinski definition) is 1. The molecule has 0 amide bonds. The van der Waals surface area contributed by atoms with Crippen molar-refractivity contribution in [3.63, 3.8) is 0 Å². The van der Waals surface area contributed by atoms with Crippen molar-refractivity contribution in [3.05, 3.63) is 77.1 Å². The van der Waals surface area contributed by atoms with Crippen LogP contribution in [-0.4, -0.2) is 10.8 Å². The maximum absolute atomic E-state index is 13.5. The molecule has 2 atom stereocenters. The van der Waals surface area contributed by atoms with E-state index in [0.717, 1.165) is 29.7 Å². The van der Waals surface area contributed by atoms with Gasteiger partial charge in [-0.1, -0.05) is 50.3 Å². The van der Waals surface area contributed by atoms with Gasteiger partial charge in [0.05, 0.1) is 6.04 Å². The van der Waals surface area contributed by atoms with Crippen LogP contribution in [0.15, 0.2) is 65.2 Å². The molecule has 0 radical (unpaired) electrons. The molecule has 0 fully saturated rings. The van der Waals surface area contributed by atoms with E-state index >= 15 is 0 Å². The average Bonchev–Trinajstić information content (AvgIpc) is 2.60. The van der Waals surface area contributed by atoms with Gasteiger partial charge in [0.2, 0.25) is 0 Å². The SMILES string of the molecule is CC1=NC(c2ccccc2O)C(CCc2cccc(F)c2)C=C1C(C)C. The number of rotatable bonds is 5. The molecule has 2 aromatic rings. The normalized spacial score (nSPS) is 20.0. The number of aliphatic imine (C=N–C) groups is 1. The van der Waals surface area contributed by atoms with Crippen LogP contribution in [0.5, 0.6) is 5.75 Å². The number of phenolic OH excluding ortho intramolecular Hbond substituents is 1. The number of para-hydroxylation sites is 1. The third-order valence-electron chi connectivity index (χ3n) is 5.08. The summed E-state index contributed by atoms with van der Waals surface area (Å²) in [5.74, 6) is 0.662. The van der Waals surface area contributed by atoms with Crippen LogP contribution in [0.4, 0.5) is 4.39 Å². The first-order valence-electron chi connectivity index (χ1n) is 9.24. The third kappa shape index (κ3) is 4.04. The third-order valence-corrected chi connectivity index (χ3v) is 5.08. The minimum atomic E-state index is -0.198. The number of aryl methyl sites for hydroxylation is 1. The number of hydrogen-bond acceptors (Lipinski definition) is 2. The molecule has 136 valence electrons. The summed E-state index contributed by atoms with van der Waals surface area (Å²) < 4.78 is 13.5. The standard InChI is InChI=1S/C23H26FNO/c1-15(2)21-14-18(12-11-17-7-6-8-19(24)13-17)23(25-16(21)3)20-9-4-5-10-22(20)26/h4-10,13-15,18,23,26H,11-12H2,1-3H3. The van der Waals surface area contributed by atoms with Crippen LogP contribution >= 0.6 is 0 Å². The van der Waals surface area contributed by atoms with E-state index in [1.165, 1.54) is 11.6 Å². The highest BCUT2D eigenvalue weighted by Gasteiger charge is 2.28. The fourth-order valence-corrected chi connectivity index (χ4v) is 3.74. The van der Waals surface area contributed by atoms with Crippen LogP contribution in [0.3, 0.4) is 0 Å². The lowest BCUT2D eigenvalue weighted by Gasteiger charge is -2.30. The zero-order valence-electron chi connectivity index (χ0n) is 15.6. The Hall–Kier alpha value is -2.42. The van der Waals surface area contributed by atoms with Crippen molar-refractivity contribution < 1.29 is 9.50 Å². The second kappa shape index (κ2) is 7.86. The minimum Gasteiger partial charge on any atom is -0.508 e. The van der Waals surface area contributed by atoms with Gasteiger partial charge in [0.15, 0.2) is 0 Å². The first-order chi connectivity index (χ1) is 12.5. The zero-order valence-corrected chi connectivity index (χ0v) is 15.6. The van der Waals surface area contributed by atoms with E-state index < -0.39 is 0 Å². The molecule has 0 aromatic heterocycles. The van der Waals surface area contributed by atoms with E-state index in [2.05, 4.69) is 19.9 Å². The van der Waals surface area contributed by atoms with Gasteiger partial charge < -0.3 is 5.11 Å².